The van der Waals surface area contributed by atoms with Crippen LogP contribution in [0, 0.1) is 6.92 Å². The monoisotopic (exact) mass is 382 g/mol. The minimum absolute atomic E-state index is 0.247. The van der Waals surface area contributed by atoms with Crippen LogP contribution in [0.1, 0.15) is 11.1 Å². The molecule has 0 spiro atoms. The van der Waals surface area contributed by atoms with Gasteiger partial charge in [-0.3, -0.25) is 13.9 Å². The van der Waals surface area contributed by atoms with Crippen LogP contribution in [0.2, 0.25) is 0 Å². The van der Waals surface area contributed by atoms with Crippen molar-refractivity contribution in [2.75, 3.05) is 38.1 Å². The van der Waals surface area contributed by atoms with Crippen molar-refractivity contribution in [1.82, 2.24) is 23.6 Å². The average Bonchev–Trinajstić information content (AvgIpc) is 3.03. The lowest BCUT2D eigenvalue weighted by atomic mass is 10.1. The smallest absolute Gasteiger partial charge is 0.332 e. The zero-order valence-corrected chi connectivity index (χ0v) is 16.8. The summed E-state index contributed by atoms with van der Waals surface area (Å²) in [5.41, 5.74) is 2.32. The second kappa shape index (κ2) is 6.94. The largest absolute Gasteiger partial charge is 0.340 e. The van der Waals surface area contributed by atoms with Gasteiger partial charge in [0, 0.05) is 40.3 Å². The Hall–Kier alpha value is -2.87. The molecule has 0 saturated carbocycles. The number of hydrogen-bond donors (Lipinski definition) is 0. The molecule has 1 aliphatic rings. The van der Waals surface area contributed by atoms with Gasteiger partial charge in [0.05, 0.1) is 6.54 Å². The van der Waals surface area contributed by atoms with E-state index in [2.05, 4.69) is 21.8 Å². The highest BCUT2D eigenvalue weighted by atomic mass is 16.2. The molecule has 8 heteroatoms. The second-order valence-corrected chi connectivity index (χ2v) is 7.65. The third-order valence-corrected chi connectivity index (χ3v) is 5.58. The van der Waals surface area contributed by atoms with Crippen LogP contribution < -0.4 is 16.1 Å². The van der Waals surface area contributed by atoms with Crippen LogP contribution in [0.15, 0.2) is 33.9 Å². The first kappa shape index (κ1) is 18.5. The summed E-state index contributed by atoms with van der Waals surface area (Å²) in [6.07, 6.45) is 0. The first-order chi connectivity index (χ1) is 13.4. The molecule has 8 nitrogen and oxygen atoms in total. The van der Waals surface area contributed by atoms with Gasteiger partial charge in [0.15, 0.2) is 11.2 Å². The molecule has 0 bridgehead atoms. The minimum atomic E-state index is -0.346. The van der Waals surface area contributed by atoms with E-state index in [0.717, 1.165) is 43.3 Å². The number of anilines is 1. The van der Waals surface area contributed by atoms with Crippen molar-refractivity contribution in [2.45, 2.75) is 13.5 Å². The van der Waals surface area contributed by atoms with E-state index < -0.39 is 0 Å². The summed E-state index contributed by atoms with van der Waals surface area (Å²) >= 11 is 0. The van der Waals surface area contributed by atoms with E-state index in [9.17, 15) is 9.59 Å². The van der Waals surface area contributed by atoms with E-state index in [-0.39, 0.29) is 17.8 Å². The number of rotatable bonds is 3. The summed E-state index contributed by atoms with van der Waals surface area (Å²) in [5, 5.41) is 0. The topological polar surface area (TPSA) is 68.3 Å². The maximum Gasteiger partial charge on any atom is 0.332 e. The molecule has 148 valence electrons. The zero-order valence-electron chi connectivity index (χ0n) is 16.8. The highest BCUT2D eigenvalue weighted by Crippen LogP contribution is 2.19. The first-order valence-corrected chi connectivity index (χ1v) is 9.52. The molecule has 4 rings (SSSR count). The minimum Gasteiger partial charge on any atom is -0.340 e. The quantitative estimate of drug-likeness (QED) is 0.662. The standard InChI is InChI=1S/C20H26N6O2/c1-14-5-7-15(8-6-14)13-26-18(27)16-17(24(4)20(26)28)21-19(23(16)3)25-11-9-22(2)10-12-25/h5-8H,9-13H2,1-4H3. The van der Waals surface area contributed by atoms with Gasteiger partial charge < -0.3 is 14.4 Å². The fourth-order valence-corrected chi connectivity index (χ4v) is 3.74. The van der Waals surface area contributed by atoms with Crippen LogP contribution in [0.5, 0.6) is 0 Å². The van der Waals surface area contributed by atoms with Crippen LogP contribution in [0.25, 0.3) is 11.2 Å². The van der Waals surface area contributed by atoms with Crippen LogP contribution >= 0.6 is 0 Å². The molecule has 0 unspecified atom stereocenters. The number of aromatic nitrogens is 4. The van der Waals surface area contributed by atoms with Crippen LogP contribution in [-0.2, 0) is 20.6 Å². The van der Waals surface area contributed by atoms with Crippen molar-refractivity contribution < 1.29 is 0 Å². The third kappa shape index (κ3) is 3.03. The Labute approximate surface area is 163 Å². The van der Waals surface area contributed by atoms with Gasteiger partial charge >= 0.3 is 5.69 Å². The fraction of sp³-hybridized carbons (Fsp3) is 0.450. The molecular weight excluding hydrogens is 356 g/mol. The molecule has 3 aromatic rings. The van der Waals surface area contributed by atoms with Gasteiger partial charge in [0.2, 0.25) is 5.95 Å². The number of fused-ring (bicyclic) bond motifs is 1. The predicted octanol–water partition coefficient (Wildman–Crippen LogP) is 0.542. The number of hydrogen-bond acceptors (Lipinski definition) is 5. The predicted molar refractivity (Wildman–Crippen MR) is 110 cm³/mol. The summed E-state index contributed by atoms with van der Waals surface area (Å²) in [6.45, 7) is 5.84. The van der Waals surface area contributed by atoms with Crippen LogP contribution in [0.4, 0.5) is 5.95 Å². The molecule has 2 aromatic heterocycles. The molecule has 3 heterocycles. The Balaban J connectivity index is 1.82. The Kier molecular flexibility index (Phi) is 4.58. The van der Waals surface area contributed by atoms with Gasteiger partial charge in [-0.1, -0.05) is 29.8 Å². The van der Waals surface area contributed by atoms with Crippen molar-refractivity contribution in [1.29, 1.82) is 0 Å². The molecule has 1 aliphatic heterocycles. The van der Waals surface area contributed by atoms with E-state index in [4.69, 9.17) is 0 Å². The third-order valence-electron chi connectivity index (χ3n) is 5.58. The number of piperazine rings is 1. The maximum atomic E-state index is 13.2. The van der Waals surface area contributed by atoms with E-state index in [1.807, 2.05) is 42.8 Å². The molecule has 1 saturated heterocycles. The Morgan fingerprint density at radius 3 is 2.21 bits per heavy atom. The highest BCUT2D eigenvalue weighted by molar-refractivity contribution is 5.74. The first-order valence-electron chi connectivity index (χ1n) is 9.52. The van der Waals surface area contributed by atoms with E-state index in [1.165, 1.54) is 9.13 Å². The lowest BCUT2D eigenvalue weighted by molar-refractivity contribution is 0.310. The zero-order chi connectivity index (χ0) is 20.0. The summed E-state index contributed by atoms with van der Waals surface area (Å²) in [5.74, 6) is 0.739. The Bertz CT molecular complexity index is 1130. The molecular formula is C20H26N6O2. The lowest BCUT2D eigenvalue weighted by Gasteiger charge is -2.32. The highest BCUT2D eigenvalue weighted by Gasteiger charge is 2.23. The van der Waals surface area contributed by atoms with Crippen molar-refractivity contribution in [3.8, 4) is 0 Å². The Morgan fingerprint density at radius 1 is 0.929 bits per heavy atom. The number of aryl methyl sites for hydroxylation is 3. The molecule has 0 atom stereocenters. The van der Waals surface area contributed by atoms with Crippen molar-refractivity contribution in [3.63, 3.8) is 0 Å². The normalized spacial score (nSPS) is 15.5. The molecule has 0 aliphatic carbocycles. The maximum absolute atomic E-state index is 13.2. The summed E-state index contributed by atoms with van der Waals surface area (Å²) < 4.78 is 4.60. The van der Waals surface area contributed by atoms with E-state index in [1.54, 1.807) is 7.05 Å². The van der Waals surface area contributed by atoms with E-state index in [0.29, 0.717) is 11.2 Å². The van der Waals surface area contributed by atoms with Crippen molar-refractivity contribution in [3.05, 3.63) is 56.2 Å². The van der Waals surface area contributed by atoms with Crippen molar-refractivity contribution >= 4 is 17.1 Å². The Morgan fingerprint density at radius 2 is 1.57 bits per heavy atom. The summed E-state index contributed by atoms with van der Waals surface area (Å²) in [6, 6.07) is 7.87. The lowest BCUT2D eigenvalue weighted by Crippen LogP contribution is -2.45. The van der Waals surface area contributed by atoms with Gasteiger partial charge in [-0.05, 0) is 19.5 Å². The molecule has 28 heavy (non-hydrogen) atoms. The number of imidazole rings is 1. The summed E-state index contributed by atoms with van der Waals surface area (Å²) in [4.78, 5) is 35.2. The van der Waals surface area contributed by atoms with Gasteiger partial charge in [-0.15, -0.1) is 0 Å². The van der Waals surface area contributed by atoms with Crippen LogP contribution in [0.3, 0.4) is 0 Å². The summed E-state index contributed by atoms with van der Waals surface area (Å²) in [7, 11) is 5.63. The van der Waals surface area contributed by atoms with Crippen molar-refractivity contribution in [2.24, 2.45) is 14.1 Å². The van der Waals surface area contributed by atoms with Gasteiger partial charge in [0.25, 0.3) is 5.56 Å². The molecule has 1 fully saturated rings. The van der Waals surface area contributed by atoms with Crippen LogP contribution in [-0.4, -0.2) is 56.8 Å². The number of benzene rings is 1. The number of nitrogens with zero attached hydrogens (tertiary/aromatic N) is 6. The molecule has 0 radical (unpaired) electrons. The second-order valence-electron chi connectivity index (χ2n) is 7.65. The van der Waals surface area contributed by atoms with Gasteiger partial charge in [-0.25, -0.2) is 4.79 Å². The average molecular weight is 382 g/mol. The number of likely N-dealkylation sites (N-methyl/N-ethyl adjacent to an activating group) is 1. The molecule has 0 N–H and O–H groups in total. The molecule has 0 amide bonds. The SMILES string of the molecule is Cc1ccc(Cn2c(=O)c3c(nc(N4CCN(C)CC4)n3C)n(C)c2=O)cc1. The van der Waals surface area contributed by atoms with Gasteiger partial charge in [-0.2, -0.15) is 4.98 Å². The van der Waals surface area contributed by atoms with Gasteiger partial charge in [0.1, 0.15) is 0 Å². The molecule has 1 aromatic carbocycles. The fourth-order valence-electron chi connectivity index (χ4n) is 3.74. The van der Waals surface area contributed by atoms with E-state index >= 15 is 0 Å².